The summed E-state index contributed by atoms with van der Waals surface area (Å²) in [5.74, 6) is -0.140. The Hall–Kier alpha value is -1.66. The van der Waals surface area contributed by atoms with Gasteiger partial charge in [0, 0.05) is 6.20 Å². The lowest BCUT2D eigenvalue weighted by atomic mass is 10.4. The number of aromatic nitrogens is 2. The van der Waals surface area contributed by atoms with Crippen LogP contribution in [0.2, 0.25) is 0 Å². The van der Waals surface area contributed by atoms with Gasteiger partial charge in [-0.05, 0) is 11.4 Å². The number of carbonyl (C=O) groups excluding carboxylic acids is 1. The SMILES string of the molecule is O=C(Nc1cnn(CCO)c1)c1cccs1. The van der Waals surface area contributed by atoms with Crippen molar-refractivity contribution >= 4 is 22.9 Å². The molecule has 2 aromatic heterocycles. The number of hydrogen-bond donors (Lipinski definition) is 2. The van der Waals surface area contributed by atoms with E-state index in [9.17, 15) is 4.79 Å². The smallest absolute Gasteiger partial charge is 0.265 e. The zero-order valence-electron chi connectivity index (χ0n) is 8.46. The number of nitrogens with zero attached hydrogens (tertiary/aromatic N) is 2. The van der Waals surface area contributed by atoms with E-state index in [0.29, 0.717) is 17.1 Å². The number of rotatable bonds is 4. The molecule has 5 nitrogen and oxygen atoms in total. The van der Waals surface area contributed by atoms with Crippen molar-refractivity contribution in [2.75, 3.05) is 11.9 Å². The second kappa shape index (κ2) is 4.91. The first-order valence-electron chi connectivity index (χ1n) is 4.78. The molecule has 16 heavy (non-hydrogen) atoms. The second-order valence-corrected chi connectivity index (χ2v) is 4.09. The predicted octanol–water partition coefficient (Wildman–Crippen LogP) is 1.19. The Morgan fingerprint density at radius 1 is 1.62 bits per heavy atom. The average Bonchev–Trinajstić information content (AvgIpc) is 2.89. The van der Waals surface area contributed by atoms with Crippen molar-refractivity contribution in [1.29, 1.82) is 0 Å². The summed E-state index contributed by atoms with van der Waals surface area (Å²) in [7, 11) is 0. The van der Waals surface area contributed by atoms with Crippen LogP contribution in [0.3, 0.4) is 0 Å². The zero-order valence-corrected chi connectivity index (χ0v) is 9.28. The Bertz CT molecular complexity index is 464. The molecule has 0 aliphatic heterocycles. The van der Waals surface area contributed by atoms with E-state index < -0.39 is 0 Å². The van der Waals surface area contributed by atoms with E-state index in [0.717, 1.165) is 0 Å². The maximum Gasteiger partial charge on any atom is 0.265 e. The molecule has 0 fully saturated rings. The Morgan fingerprint density at radius 3 is 3.19 bits per heavy atom. The molecule has 84 valence electrons. The quantitative estimate of drug-likeness (QED) is 0.839. The molecule has 2 aromatic rings. The van der Waals surface area contributed by atoms with E-state index >= 15 is 0 Å². The first-order chi connectivity index (χ1) is 7.79. The van der Waals surface area contributed by atoms with Crippen LogP contribution in [0.5, 0.6) is 0 Å². The van der Waals surface area contributed by atoms with Crippen molar-refractivity contribution < 1.29 is 9.90 Å². The van der Waals surface area contributed by atoms with Crippen LogP contribution in [0.4, 0.5) is 5.69 Å². The van der Waals surface area contributed by atoms with Gasteiger partial charge in [0.05, 0.1) is 29.9 Å². The van der Waals surface area contributed by atoms with Crippen molar-refractivity contribution in [2.24, 2.45) is 0 Å². The van der Waals surface area contributed by atoms with Gasteiger partial charge >= 0.3 is 0 Å². The van der Waals surface area contributed by atoms with E-state index in [4.69, 9.17) is 5.11 Å². The van der Waals surface area contributed by atoms with Crippen molar-refractivity contribution in [3.8, 4) is 0 Å². The minimum Gasteiger partial charge on any atom is -0.394 e. The third-order valence-electron chi connectivity index (χ3n) is 1.97. The highest BCUT2D eigenvalue weighted by molar-refractivity contribution is 7.12. The number of aliphatic hydroxyl groups excluding tert-OH is 1. The second-order valence-electron chi connectivity index (χ2n) is 3.15. The summed E-state index contributed by atoms with van der Waals surface area (Å²) >= 11 is 1.39. The molecule has 2 rings (SSSR count). The summed E-state index contributed by atoms with van der Waals surface area (Å²) in [6.07, 6.45) is 3.24. The Kier molecular flexibility index (Phi) is 3.33. The molecule has 1 amide bonds. The normalized spacial score (nSPS) is 10.3. The number of nitrogens with one attached hydrogen (secondary N) is 1. The molecule has 0 spiro atoms. The predicted molar refractivity (Wildman–Crippen MR) is 61.6 cm³/mol. The maximum atomic E-state index is 11.7. The highest BCUT2D eigenvalue weighted by Gasteiger charge is 2.07. The highest BCUT2D eigenvalue weighted by atomic mass is 32.1. The Balaban J connectivity index is 2.01. The molecule has 6 heteroatoms. The molecule has 0 radical (unpaired) electrons. The molecule has 0 aliphatic rings. The number of carbonyl (C=O) groups is 1. The Labute approximate surface area is 96.3 Å². The largest absolute Gasteiger partial charge is 0.394 e. The molecule has 0 unspecified atom stereocenters. The van der Waals surface area contributed by atoms with Crippen LogP contribution in [0.1, 0.15) is 9.67 Å². The summed E-state index contributed by atoms with van der Waals surface area (Å²) in [6, 6.07) is 3.59. The molecule has 2 N–H and O–H groups in total. The van der Waals surface area contributed by atoms with Crippen molar-refractivity contribution in [3.63, 3.8) is 0 Å². The molecule has 0 saturated carbocycles. The number of aliphatic hydroxyl groups is 1. The third kappa shape index (κ3) is 2.47. The highest BCUT2D eigenvalue weighted by Crippen LogP contribution is 2.12. The van der Waals surface area contributed by atoms with Gasteiger partial charge in [0.15, 0.2) is 0 Å². The van der Waals surface area contributed by atoms with Crippen LogP contribution in [-0.2, 0) is 6.54 Å². The fourth-order valence-electron chi connectivity index (χ4n) is 1.25. The van der Waals surface area contributed by atoms with Gasteiger partial charge in [-0.25, -0.2) is 0 Å². The standard InChI is InChI=1S/C10H11N3O2S/c14-4-3-13-7-8(6-11-13)12-10(15)9-2-1-5-16-9/h1-2,5-7,14H,3-4H2,(H,12,15). The molecular formula is C10H11N3O2S. The van der Waals surface area contributed by atoms with Crippen LogP contribution in [0.15, 0.2) is 29.9 Å². The fourth-order valence-corrected chi connectivity index (χ4v) is 1.87. The molecule has 2 heterocycles. The van der Waals surface area contributed by atoms with Crippen LogP contribution >= 0.6 is 11.3 Å². The van der Waals surface area contributed by atoms with Crippen molar-refractivity contribution in [1.82, 2.24) is 9.78 Å². The van der Waals surface area contributed by atoms with Gasteiger partial charge < -0.3 is 10.4 Å². The monoisotopic (exact) mass is 237 g/mol. The molecule has 0 bridgehead atoms. The number of thiophene rings is 1. The lowest BCUT2D eigenvalue weighted by Gasteiger charge is -1.98. The zero-order chi connectivity index (χ0) is 11.4. The molecule has 0 saturated heterocycles. The van der Waals surface area contributed by atoms with Crippen LogP contribution in [0.25, 0.3) is 0 Å². The molecule has 0 aromatic carbocycles. The third-order valence-corrected chi connectivity index (χ3v) is 2.83. The van der Waals surface area contributed by atoms with Gasteiger partial charge in [0.2, 0.25) is 0 Å². The van der Waals surface area contributed by atoms with Gasteiger partial charge in [0.25, 0.3) is 5.91 Å². The summed E-state index contributed by atoms with van der Waals surface area (Å²) in [5, 5.41) is 17.3. The minimum absolute atomic E-state index is 0.0278. The average molecular weight is 237 g/mol. The fraction of sp³-hybridized carbons (Fsp3) is 0.200. The molecule has 0 atom stereocenters. The lowest BCUT2D eigenvalue weighted by molar-refractivity contribution is 0.103. The van der Waals surface area contributed by atoms with E-state index in [1.165, 1.54) is 11.3 Å². The summed E-state index contributed by atoms with van der Waals surface area (Å²) in [6.45, 7) is 0.453. The lowest BCUT2D eigenvalue weighted by Crippen LogP contribution is -2.09. The van der Waals surface area contributed by atoms with E-state index in [1.807, 2.05) is 11.4 Å². The van der Waals surface area contributed by atoms with Crippen LogP contribution in [0, 0.1) is 0 Å². The molecule has 0 aliphatic carbocycles. The number of amides is 1. The van der Waals surface area contributed by atoms with Gasteiger partial charge in [0.1, 0.15) is 0 Å². The molecular weight excluding hydrogens is 226 g/mol. The van der Waals surface area contributed by atoms with Gasteiger partial charge in [-0.2, -0.15) is 5.10 Å². The maximum absolute atomic E-state index is 11.7. The number of hydrogen-bond acceptors (Lipinski definition) is 4. The topological polar surface area (TPSA) is 67.2 Å². The summed E-state index contributed by atoms with van der Waals surface area (Å²) in [5.41, 5.74) is 0.631. The summed E-state index contributed by atoms with van der Waals surface area (Å²) < 4.78 is 1.57. The van der Waals surface area contributed by atoms with E-state index in [1.54, 1.807) is 23.1 Å². The summed E-state index contributed by atoms with van der Waals surface area (Å²) in [4.78, 5) is 12.3. The van der Waals surface area contributed by atoms with Crippen LogP contribution < -0.4 is 5.32 Å². The van der Waals surface area contributed by atoms with Gasteiger partial charge in [-0.1, -0.05) is 6.07 Å². The first kappa shape index (κ1) is 10.8. The number of anilines is 1. The minimum atomic E-state index is -0.140. The van der Waals surface area contributed by atoms with E-state index in [-0.39, 0.29) is 12.5 Å². The Morgan fingerprint density at radius 2 is 2.50 bits per heavy atom. The van der Waals surface area contributed by atoms with Crippen molar-refractivity contribution in [2.45, 2.75) is 6.54 Å². The van der Waals surface area contributed by atoms with Crippen LogP contribution in [-0.4, -0.2) is 27.4 Å². The first-order valence-corrected chi connectivity index (χ1v) is 5.66. The van der Waals surface area contributed by atoms with Gasteiger partial charge in [-0.3, -0.25) is 9.48 Å². The van der Waals surface area contributed by atoms with E-state index in [2.05, 4.69) is 10.4 Å². The van der Waals surface area contributed by atoms with Gasteiger partial charge in [-0.15, -0.1) is 11.3 Å². The van der Waals surface area contributed by atoms with Crippen molar-refractivity contribution in [3.05, 3.63) is 34.8 Å².